The van der Waals surface area contributed by atoms with Crippen molar-refractivity contribution in [3.8, 4) is 0 Å². The van der Waals surface area contributed by atoms with Gasteiger partial charge in [0.2, 0.25) is 0 Å². The molecule has 1 fully saturated rings. The van der Waals surface area contributed by atoms with Crippen LogP contribution in [0.4, 0.5) is 11.6 Å². The number of rotatable bonds is 3. The highest BCUT2D eigenvalue weighted by Crippen LogP contribution is 2.20. The van der Waals surface area contributed by atoms with E-state index < -0.39 is 0 Å². The van der Waals surface area contributed by atoms with Crippen molar-refractivity contribution in [2.45, 2.75) is 32.2 Å². The topological polar surface area (TPSA) is 67.1 Å². The lowest BCUT2D eigenvalue weighted by Gasteiger charge is -2.31. The molecule has 1 saturated heterocycles. The molecule has 0 aromatic carbocycles. The molecule has 2 heterocycles. The first kappa shape index (κ1) is 12.1. The van der Waals surface area contributed by atoms with Crippen molar-refractivity contribution < 1.29 is 0 Å². The quantitative estimate of drug-likeness (QED) is 0.822. The third-order valence-electron chi connectivity index (χ3n) is 3.30. The molecule has 0 saturated carbocycles. The van der Waals surface area contributed by atoms with E-state index in [0.29, 0.717) is 11.9 Å². The van der Waals surface area contributed by atoms with Crippen LogP contribution in [0.25, 0.3) is 0 Å². The molecular weight excluding hydrogens is 214 g/mol. The van der Waals surface area contributed by atoms with Crippen molar-refractivity contribution in [3.05, 3.63) is 11.9 Å². The highest BCUT2D eigenvalue weighted by molar-refractivity contribution is 5.55. The molecular formula is C12H21N5. The largest absolute Gasteiger partial charge is 0.383 e. The van der Waals surface area contributed by atoms with Gasteiger partial charge in [-0.25, -0.2) is 9.97 Å². The summed E-state index contributed by atoms with van der Waals surface area (Å²) in [6, 6.07) is 0.466. The fourth-order valence-corrected chi connectivity index (χ4v) is 2.38. The molecule has 0 aliphatic carbocycles. The maximum Gasteiger partial charge on any atom is 0.134 e. The van der Waals surface area contributed by atoms with Crippen LogP contribution in [-0.2, 0) is 6.42 Å². The lowest BCUT2D eigenvalue weighted by molar-refractivity contribution is 0.260. The van der Waals surface area contributed by atoms with Crippen LogP contribution < -0.4 is 11.1 Å². The Balaban J connectivity index is 2.10. The molecule has 1 aliphatic heterocycles. The Morgan fingerprint density at radius 1 is 1.53 bits per heavy atom. The molecule has 3 N–H and O–H groups in total. The first-order chi connectivity index (χ1) is 8.20. The van der Waals surface area contributed by atoms with Gasteiger partial charge in [0.1, 0.15) is 18.0 Å². The number of hydrogen-bond donors (Lipinski definition) is 2. The van der Waals surface area contributed by atoms with E-state index in [4.69, 9.17) is 5.73 Å². The fraction of sp³-hybridized carbons (Fsp3) is 0.667. The summed E-state index contributed by atoms with van der Waals surface area (Å²) >= 11 is 0. The number of piperidine rings is 1. The zero-order chi connectivity index (χ0) is 12.3. The van der Waals surface area contributed by atoms with Gasteiger partial charge in [-0.3, -0.25) is 0 Å². The smallest absolute Gasteiger partial charge is 0.134 e. The lowest BCUT2D eigenvalue weighted by Crippen LogP contribution is -2.40. The number of nitrogens with one attached hydrogen (secondary N) is 1. The summed E-state index contributed by atoms with van der Waals surface area (Å²) in [5.41, 5.74) is 6.89. The third kappa shape index (κ3) is 2.85. The van der Waals surface area contributed by atoms with E-state index in [1.54, 1.807) is 0 Å². The van der Waals surface area contributed by atoms with Gasteiger partial charge in [-0.2, -0.15) is 0 Å². The molecule has 94 valence electrons. The van der Waals surface area contributed by atoms with Crippen molar-refractivity contribution in [1.29, 1.82) is 0 Å². The number of anilines is 2. The van der Waals surface area contributed by atoms with E-state index in [0.717, 1.165) is 24.3 Å². The first-order valence-electron chi connectivity index (χ1n) is 6.25. The van der Waals surface area contributed by atoms with E-state index in [9.17, 15) is 0 Å². The molecule has 1 aliphatic rings. The van der Waals surface area contributed by atoms with E-state index in [1.807, 2.05) is 0 Å². The van der Waals surface area contributed by atoms with Gasteiger partial charge in [0.25, 0.3) is 0 Å². The molecule has 0 amide bonds. The van der Waals surface area contributed by atoms with E-state index in [-0.39, 0.29) is 0 Å². The van der Waals surface area contributed by atoms with Crippen LogP contribution in [0.15, 0.2) is 6.33 Å². The Hall–Kier alpha value is -1.36. The zero-order valence-corrected chi connectivity index (χ0v) is 10.6. The highest BCUT2D eigenvalue weighted by atomic mass is 15.2. The number of hydrogen-bond acceptors (Lipinski definition) is 5. The molecule has 1 aromatic rings. The van der Waals surface area contributed by atoms with Gasteiger partial charge in [-0.05, 0) is 32.9 Å². The van der Waals surface area contributed by atoms with E-state index in [2.05, 4.69) is 34.2 Å². The second-order valence-corrected chi connectivity index (χ2v) is 4.69. The fourth-order valence-electron chi connectivity index (χ4n) is 2.38. The highest BCUT2D eigenvalue weighted by Gasteiger charge is 2.18. The van der Waals surface area contributed by atoms with Crippen LogP contribution in [0.5, 0.6) is 0 Å². The average Bonchev–Trinajstić information content (AvgIpc) is 2.29. The predicted molar refractivity (Wildman–Crippen MR) is 70.0 cm³/mol. The summed E-state index contributed by atoms with van der Waals surface area (Å²) in [6.45, 7) is 4.32. The molecule has 0 radical (unpaired) electrons. The molecule has 17 heavy (non-hydrogen) atoms. The summed E-state index contributed by atoms with van der Waals surface area (Å²) in [5.74, 6) is 1.49. The minimum absolute atomic E-state index is 0.466. The second kappa shape index (κ2) is 5.31. The summed E-state index contributed by atoms with van der Waals surface area (Å²) in [6.07, 6.45) is 4.81. The van der Waals surface area contributed by atoms with Crippen LogP contribution in [0.2, 0.25) is 0 Å². The summed E-state index contributed by atoms with van der Waals surface area (Å²) in [4.78, 5) is 10.7. The molecule has 2 rings (SSSR count). The van der Waals surface area contributed by atoms with Gasteiger partial charge in [-0.1, -0.05) is 6.92 Å². The number of likely N-dealkylation sites (tertiary alicyclic amines) is 1. The zero-order valence-electron chi connectivity index (χ0n) is 10.6. The SMILES string of the molecule is CCc1c(N)ncnc1NC1CCCN(C)C1. The van der Waals surface area contributed by atoms with Crippen LogP contribution in [0.1, 0.15) is 25.3 Å². The minimum Gasteiger partial charge on any atom is -0.383 e. The second-order valence-electron chi connectivity index (χ2n) is 4.69. The molecule has 1 atom stereocenters. The van der Waals surface area contributed by atoms with Crippen molar-refractivity contribution in [2.75, 3.05) is 31.2 Å². The number of likely N-dealkylation sites (N-methyl/N-ethyl adjacent to an activating group) is 1. The Labute approximate surface area is 102 Å². The van der Waals surface area contributed by atoms with Crippen LogP contribution in [0, 0.1) is 0 Å². The molecule has 5 nitrogen and oxygen atoms in total. The predicted octanol–water partition coefficient (Wildman–Crippen LogP) is 1.13. The maximum atomic E-state index is 5.86. The van der Waals surface area contributed by atoms with Gasteiger partial charge >= 0.3 is 0 Å². The standard InChI is InChI=1S/C12H21N5/c1-3-10-11(13)14-8-15-12(10)16-9-5-4-6-17(2)7-9/h8-9H,3-7H2,1-2H3,(H3,13,14,15,16). The summed E-state index contributed by atoms with van der Waals surface area (Å²) < 4.78 is 0. The molecule has 5 heteroatoms. The number of nitrogens with two attached hydrogens (primary N) is 1. The van der Waals surface area contributed by atoms with Crippen molar-refractivity contribution >= 4 is 11.6 Å². The average molecular weight is 235 g/mol. The van der Waals surface area contributed by atoms with Gasteiger partial charge in [-0.15, -0.1) is 0 Å². The third-order valence-corrected chi connectivity index (χ3v) is 3.30. The van der Waals surface area contributed by atoms with Crippen molar-refractivity contribution in [2.24, 2.45) is 0 Å². The van der Waals surface area contributed by atoms with Crippen LogP contribution in [0.3, 0.4) is 0 Å². The van der Waals surface area contributed by atoms with Gasteiger partial charge < -0.3 is 16.0 Å². The van der Waals surface area contributed by atoms with Crippen molar-refractivity contribution in [3.63, 3.8) is 0 Å². The lowest BCUT2D eigenvalue weighted by atomic mass is 10.1. The van der Waals surface area contributed by atoms with Crippen LogP contribution in [-0.4, -0.2) is 41.0 Å². The van der Waals surface area contributed by atoms with Crippen molar-refractivity contribution in [1.82, 2.24) is 14.9 Å². The minimum atomic E-state index is 0.466. The Kier molecular flexibility index (Phi) is 3.78. The first-order valence-corrected chi connectivity index (χ1v) is 6.25. The summed E-state index contributed by atoms with van der Waals surface area (Å²) in [5, 5.41) is 3.50. The van der Waals surface area contributed by atoms with Gasteiger partial charge in [0, 0.05) is 18.2 Å². The Bertz CT molecular complexity index is 379. The Morgan fingerprint density at radius 3 is 3.06 bits per heavy atom. The molecule has 0 spiro atoms. The van der Waals surface area contributed by atoms with E-state index >= 15 is 0 Å². The maximum absolute atomic E-state index is 5.86. The summed E-state index contributed by atoms with van der Waals surface area (Å²) in [7, 11) is 2.16. The van der Waals surface area contributed by atoms with Crippen LogP contribution >= 0.6 is 0 Å². The number of nitrogen functional groups attached to an aromatic ring is 1. The Morgan fingerprint density at radius 2 is 2.35 bits per heavy atom. The normalized spacial score (nSPS) is 21.4. The molecule has 1 unspecified atom stereocenters. The van der Waals surface area contributed by atoms with E-state index in [1.165, 1.54) is 25.7 Å². The van der Waals surface area contributed by atoms with Gasteiger partial charge in [0.15, 0.2) is 0 Å². The monoisotopic (exact) mass is 235 g/mol. The molecule has 0 bridgehead atoms. The number of aromatic nitrogens is 2. The number of nitrogens with zero attached hydrogens (tertiary/aromatic N) is 3. The van der Waals surface area contributed by atoms with Gasteiger partial charge in [0.05, 0.1) is 0 Å². The molecule has 1 aromatic heterocycles.